The molecule has 0 amide bonds. The molecular formula is C72H158O15Si2. The molecule has 544 valence electrons. The van der Waals surface area contributed by atoms with Crippen LogP contribution in [0.2, 0.25) is 12.1 Å². The Bertz CT molecular complexity index is 1230. The van der Waals surface area contributed by atoms with Crippen LogP contribution in [0.25, 0.3) is 0 Å². The minimum Gasteiger partial charge on any atom is -0.377 e. The Hall–Kier alpha value is -0.166. The monoisotopic (exact) mass is 1320 g/mol. The zero-order chi connectivity index (χ0) is 67.8. The molecule has 0 radical (unpaired) electrons. The predicted octanol–water partition coefficient (Wildman–Crippen LogP) is 21.9. The summed E-state index contributed by atoms with van der Waals surface area (Å²) in [5, 5.41) is 0. The fourth-order valence-electron chi connectivity index (χ4n) is 10.6. The molecule has 0 rings (SSSR count). The maximum absolute atomic E-state index is 5.79. The number of unbranched alkanes of at least 4 members (excludes halogenated alkanes) is 31. The van der Waals surface area contributed by atoms with Crippen molar-refractivity contribution in [1.29, 1.82) is 0 Å². The topological polar surface area (TPSA) is 138 Å². The lowest BCUT2D eigenvalue weighted by atomic mass is 10.1. The summed E-state index contributed by atoms with van der Waals surface area (Å²) < 4.78 is 83.1. The lowest BCUT2D eigenvalue weighted by Crippen LogP contribution is -2.45. The summed E-state index contributed by atoms with van der Waals surface area (Å²) in [7, 11) is 6.95. The molecule has 0 aromatic carbocycles. The van der Waals surface area contributed by atoms with Crippen LogP contribution in [-0.2, 0) is 69.2 Å². The second-order valence-electron chi connectivity index (χ2n) is 23.0. The van der Waals surface area contributed by atoms with Crippen molar-refractivity contribution in [2.24, 2.45) is 0 Å². The van der Waals surface area contributed by atoms with E-state index < -0.39 is 35.5 Å². The lowest BCUT2D eigenvalue weighted by molar-refractivity contribution is -0.380. The zero-order valence-electron chi connectivity index (χ0n) is 63.3. The van der Waals surface area contributed by atoms with Gasteiger partial charge in [0.1, 0.15) is 0 Å². The van der Waals surface area contributed by atoms with Gasteiger partial charge in [-0.3, -0.25) is 0 Å². The highest BCUT2D eigenvalue weighted by molar-refractivity contribution is 6.61. The smallest absolute Gasteiger partial charge is 0.377 e. The molecular weight excluding hydrogens is 1160 g/mol. The van der Waals surface area contributed by atoms with Crippen LogP contribution in [0.4, 0.5) is 0 Å². The zero-order valence-corrected chi connectivity index (χ0v) is 65.3. The molecule has 0 aromatic heterocycles. The quantitative estimate of drug-likeness (QED) is 0.0324. The van der Waals surface area contributed by atoms with Crippen molar-refractivity contribution < 1.29 is 69.2 Å². The van der Waals surface area contributed by atoms with Gasteiger partial charge in [-0.1, -0.05) is 234 Å². The van der Waals surface area contributed by atoms with Crippen molar-refractivity contribution in [3.8, 4) is 0 Å². The summed E-state index contributed by atoms with van der Waals surface area (Å²) in [6.07, 6.45) is 49.4. The highest BCUT2D eigenvalue weighted by Gasteiger charge is 2.40. The van der Waals surface area contributed by atoms with Gasteiger partial charge in [0.15, 0.2) is 0 Å². The lowest BCUT2D eigenvalue weighted by Gasteiger charge is -2.32. The maximum atomic E-state index is 5.79. The van der Waals surface area contributed by atoms with Crippen LogP contribution in [0.5, 0.6) is 0 Å². The molecule has 0 atom stereocenters. The molecule has 0 bridgehead atoms. The van der Waals surface area contributed by atoms with E-state index in [-0.39, 0.29) is 0 Å². The van der Waals surface area contributed by atoms with Crippen molar-refractivity contribution in [2.75, 3.05) is 103 Å². The second kappa shape index (κ2) is 75.2. The molecule has 0 saturated carbocycles. The molecule has 0 fully saturated rings. The molecule has 0 heterocycles. The van der Waals surface area contributed by atoms with E-state index in [9.17, 15) is 0 Å². The maximum Gasteiger partial charge on any atom is 0.500 e. The SMILES string of the molecule is CCCCCCCCC(OCC)(OCC)OCC.CCCCCCCCCCCCC(OC)(OC)OC.CCCCCCCCCCCCC(OC)(OCC)OCC.CCCCCCCC[Si](OC)(OC)OC.CCCCCC[Si](OCC)(OCC)OCC. The summed E-state index contributed by atoms with van der Waals surface area (Å²) in [5.74, 6) is -2.45. The molecule has 0 aromatic rings. The Morgan fingerprint density at radius 1 is 0.202 bits per heavy atom. The minimum atomic E-state index is -2.35. The normalized spacial score (nSPS) is 12.0. The van der Waals surface area contributed by atoms with Crippen LogP contribution in [0.3, 0.4) is 0 Å². The van der Waals surface area contributed by atoms with Crippen LogP contribution in [0.1, 0.15) is 340 Å². The molecule has 17 heteroatoms. The molecule has 0 unspecified atom stereocenters. The number of methoxy groups -OCH3 is 4. The third-order valence-electron chi connectivity index (χ3n) is 15.8. The third kappa shape index (κ3) is 60.0. The van der Waals surface area contributed by atoms with E-state index in [1.54, 1.807) is 49.8 Å². The van der Waals surface area contributed by atoms with Crippen molar-refractivity contribution in [3.05, 3.63) is 0 Å². The second-order valence-corrected chi connectivity index (χ2v) is 28.8. The van der Waals surface area contributed by atoms with Gasteiger partial charge in [-0.15, -0.1) is 0 Å². The summed E-state index contributed by atoms with van der Waals surface area (Å²) in [6, 6.07) is 1.89. The van der Waals surface area contributed by atoms with Crippen molar-refractivity contribution in [3.63, 3.8) is 0 Å². The predicted molar refractivity (Wildman–Crippen MR) is 380 cm³/mol. The Kier molecular flexibility index (Phi) is 82.4. The van der Waals surface area contributed by atoms with Crippen LogP contribution in [-0.4, -0.2) is 138 Å². The van der Waals surface area contributed by atoms with Crippen molar-refractivity contribution in [1.82, 2.24) is 0 Å². The van der Waals surface area contributed by atoms with Crippen molar-refractivity contribution >= 4 is 17.6 Å². The summed E-state index contributed by atoms with van der Waals surface area (Å²) in [5.41, 5.74) is 0. The molecule has 89 heavy (non-hydrogen) atoms. The Labute approximate surface area is 557 Å². The van der Waals surface area contributed by atoms with E-state index in [1.807, 2.05) is 55.4 Å². The molecule has 0 aliphatic carbocycles. The van der Waals surface area contributed by atoms with Gasteiger partial charge in [0.2, 0.25) is 0 Å². The van der Waals surface area contributed by atoms with Crippen molar-refractivity contribution in [2.45, 2.75) is 370 Å². The Morgan fingerprint density at radius 3 is 0.640 bits per heavy atom. The van der Waals surface area contributed by atoms with Gasteiger partial charge in [0.05, 0.1) is 0 Å². The number of ether oxygens (including phenoxy) is 9. The average Bonchev–Trinajstić information content (AvgIpc) is 3.62. The first-order valence-electron chi connectivity index (χ1n) is 37.2. The van der Waals surface area contributed by atoms with Gasteiger partial charge in [0.25, 0.3) is 17.9 Å². The fourth-order valence-corrected chi connectivity index (χ4v) is 15.1. The Morgan fingerprint density at radius 2 is 0.404 bits per heavy atom. The summed E-state index contributed by atoms with van der Waals surface area (Å²) in [4.78, 5) is 0. The van der Waals surface area contributed by atoms with E-state index in [4.69, 9.17) is 69.2 Å². The molecule has 0 spiro atoms. The molecule has 0 aliphatic rings. The molecule has 15 nitrogen and oxygen atoms in total. The van der Waals surface area contributed by atoms with E-state index in [2.05, 4.69) is 34.6 Å². The minimum absolute atomic E-state index is 0.617. The highest BCUT2D eigenvalue weighted by Crippen LogP contribution is 2.27. The standard InChI is InChI=1S/C18H38O3.C16H34O3.C15H32O3.C12H28O3Si.C11H26O3Si/c1-5-8-9-10-11-12-13-14-15-16-17-18(19-4,20-6-2)21-7-3;1-5-6-7-8-9-10-11-12-13-14-15-16(17-2,18-3)19-4;1-5-9-10-11-12-13-14-15(16-6-2,17-7-3)18-8-4;1-5-9-10-11-12-16(13-6-2,14-7-3)15-8-4;1-5-6-7-8-9-10-11-15(12-2,13-3)14-4/h5-17H2,1-4H3;5-15H2,1-4H3;5-14H2,1-4H3;5-12H2,1-4H3;5-11H2,1-4H3. The molecule has 0 N–H and O–H groups in total. The number of rotatable bonds is 64. The first-order valence-corrected chi connectivity index (χ1v) is 41.1. The van der Waals surface area contributed by atoms with E-state index in [0.29, 0.717) is 52.9 Å². The van der Waals surface area contributed by atoms with Crippen LogP contribution in [0, 0.1) is 0 Å². The number of hydrogen-bond acceptors (Lipinski definition) is 15. The van der Waals surface area contributed by atoms with Gasteiger partial charge < -0.3 is 69.2 Å². The fraction of sp³-hybridized carbons (Fsp3) is 1.00. The van der Waals surface area contributed by atoms with Gasteiger partial charge in [0, 0.05) is 134 Å². The first kappa shape index (κ1) is 97.5. The van der Waals surface area contributed by atoms with Gasteiger partial charge in [-0.05, 0) is 87.5 Å². The molecule has 0 saturated heterocycles. The summed E-state index contributed by atoms with van der Waals surface area (Å²) >= 11 is 0. The van der Waals surface area contributed by atoms with Gasteiger partial charge in [-0.25, -0.2) is 0 Å². The Balaban J connectivity index is -0.000000332. The van der Waals surface area contributed by atoms with Gasteiger partial charge >= 0.3 is 17.6 Å². The van der Waals surface area contributed by atoms with Crippen LogP contribution >= 0.6 is 0 Å². The van der Waals surface area contributed by atoms with Crippen LogP contribution in [0.15, 0.2) is 0 Å². The van der Waals surface area contributed by atoms with E-state index in [0.717, 1.165) is 63.5 Å². The summed E-state index contributed by atoms with van der Waals surface area (Å²) in [6.45, 7) is 32.3. The van der Waals surface area contributed by atoms with E-state index >= 15 is 0 Å². The average molecular weight is 1320 g/mol. The largest absolute Gasteiger partial charge is 0.500 e. The molecule has 0 aliphatic heterocycles. The highest BCUT2D eigenvalue weighted by atomic mass is 28.4. The van der Waals surface area contributed by atoms with Crippen LogP contribution < -0.4 is 0 Å². The third-order valence-corrected chi connectivity index (χ3v) is 21.8. The van der Waals surface area contributed by atoms with Gasteiger partial charge in [-0.2, -0.15) is 0 Å². The number of hydrogen-bond donors (Lipinski definition) is 0. The van der Waals surface area contributed by atoms with E-state index in [1.165, 1.54) is 199 Å². The first-order chi connectivity index (χ1) is 43.2.